The normalized spacial score (nSPS) is 10.3. The van der Waals surface area contributed by atoms with Crippen LogP contribution >= 0.6 is 15.9 Å². The fourth-order valence-corrected chi connectivity index (χ4v) is 1.67. The average Bonchev–Trinajstić information content (AvgIpc) is 2.03. The highest BCUT2D eigenvalue weighted by molar-refractivity contribution is 9.08. The molecule has 0 heterocycles. The molecule has 0 aliphatic carbocycles. The van der Waals surface area contributed by atoms with Gasteiger partial charge in [-0.05, 0) is 23.6 Å². The Balaban J connectivity index is 3.24. The zero-order chi connectivity index (χ0) is 9.14. The molecule has 12 heavy (non-hydrogen) atoms. The van der Waals surface area contributed by atoms with Gasteiger partial charge in [0, 0.05) is 11.4 Å². The van der Waals surface area contributed by atoms with Crippen molar-refractivity contribution in [2.45, 2.75) is 18.7 Å². The van der Waals surface area contributed by atoms with E-state index >= 15 is 0 Å². The molecule has 1 aromatic rings. The summed E-state index contributed by atoms with van der Waals surface area (Å²) in [6, 6.07) is 2.28. The van der Waals surface area contributed by atoms with Crippen LogP contribution < -0.4 is 0 Å². The van der Waals surface area contributed by atoms with E-state index in [1.165, 1.54) is 6.07 Å². The Bertz CT molecular complexity index is 284. The van der Waals surface area contributed by atoms with Gasteiger partial charge in [0.25, 0.3) is 0 Å². The first-order valence-electron chi connectivity index (χ1n) is 3.71. The quantitative estimate of drug-likeness (QED) is 0.689. The minimum atomic E-state index is -0.515. The maximum Gasteiger partial charge on any atom is 0.129 e. The Morgan fingerprint density at radius 1 is 1.33 bits per heavy atom. The Labute approximate surface area is 78.7 Å². The standard InChI is InChI=1S/C9H9BrF2/c1-2-8-6(5-10)3-7(11)4-9(8)12/h3-4H,2,5H2,1H3. The van der Waals surface area contributed by atoms with Gasteiger partial charge in [-0.3, -0.25) is 0 Å². The van der Waals surface area contributed by atoms with Crippen LogP contribution in [0.5, 0.6) is 0 Å². The highest BCUT2D eigenvalue weighted by Gasteiger charge is 2.07. The van der Waals surface area contributed by atoms with Crippen LogP contribution in [0, 0.1) is 11.6 Å². The third kappa shape index (κ3) is 1.83. The molecule has 0 radical (unpaired) electrons. The highest BCUT2D eigenvalue weighted by atomic mass is 79.9. The van der Waals surface area contributed by atoms with Gasteiger partial charge in [-0.1, -0.05) is 22.9 Å². The van der Waals surface area contributed by atoms with Crippen LogP contribution in [0.1, 0.15) is 18.1 Å². The van der Waals surface area contributed by atoms with Crippen molar-refractivity contribution in [1.29, 1.82) is 0 Å². The summed E-state index contributed by atoms with van der Waals surface area (Å²) < 4.78 is 25.7. The lowest BCUT2D eigenvalue weighted by molar-refractivity contribution is 0.571. The first-order chi connectivity index (χ1) is 5.69. The van der Waals surface area contributed by atoms with Crippen molar-refractivity contribution in [3.05, 3.63) is 34.9 Å². The van der Waals surface area contributed by atoms with Crippen molar-refractivity contribution in [3.8, 4) is 0 Å². The minimum absolute atomic E-state index is 0.452. The van der Waals surface area contributed by atoms with E-state index in [1.54, 1.807) is 0 Å². The highest BCUT2D eigenvalue weighted by Crippen LogP contribution is 2.18. The van der Waals surface area contributed by atoms with Crippen LogP contribution in [0.25, 0.3) is 0 Å². The van der Waals surface area contributed by atoms with Gasteiger partial charge in [0.1, 0.15) is 11.6 Å². The molecule has 0 aromatic heterocycles. The molecule has 0 bridgehead atoms. The smallest absolute Gasteiger partial charge is 0.129 e. The van der Waals surface area contributed by atoms with Crippen LogP contribution in [0.4, 0.5) is 8.78 Å². The summed E-state index contributed by atoms with van der Waals surface area (Å²) in [6.07, 6.45) is 0.590. The Kier molecular flexibility index (Phi) is 3.20. The molecule has 1 aromatic carbocycles. The van der Waals surface area contributed by atoms with Crippen LogP contribution in [0.2, 0.25) is 0 Å². The maximum absolute atomic E-state index is 13.0. The van der Waals surface area contributed by atoms with Gasteiger partial charge in [0.05, 0.1) is 0 Å². The Morgan fingerprint density at radius 2 is 2.00 bits per heavy atom. The number of rotatable bonds is 2. The molecule has 0 N–H and O–H groups in total. The van der Waals surface area contributed by atoms with Crippen LogP contribution in [0.15, 0.2) is 12.1 Å². The molecule has 0 aliphatic heterocycles. The lowest BCUT2D eigenvalue weighted by atomic mass is 10.1. The molecule has 0 atom stereocenters. The van der Waals surface area contributed by atoms with E-state index in [2.05, 4.69) is 15.9 Å². The van der Waals surface area contributed by atoms with Crippen LogP contribution in [0.3, 0.4) is 0 Å². The van der Waals surface area contributed by atoms with Crippen LogP contribution in [-0.4, -0.2) is 0 Å². The summed E-state index contributed by atoms with van der Waals surface area (Å²) in [4.78, 5) is 0. The molecule has 0 aliphatic rings. The Morgan fingerprint density at radius 3 is 2.50 bits per heavy atom. The lowest BCUT2D eigenvalue weighted by Gasteiger charge is -2.05. The SMILES string of the molecule is CCc1c(F)cc(F)cc1CBr. The Hall–Kier alpha value is -0.440. The van der Waals surface area contributed by atoms with Gasteiger partial charge in [-0.2, -0.15) is 0 Å². The summed E-state index contributed by atoms with van der Waals surface area (Å²) in [6.45, 7) is 1.85. The molecule has 0 unspecified atom stereocenters. The van der Waals surface area contributed by atoms with Crippen molar-refractivity contribution in [2.75, 3.05) is 0 Å². The monoisotopic (exact) mass is 234 g/mol. The largest absolute Gasteiger partial charge is 0.207 e. The van der Waals surface area contributed by atoms with E-state index in [1.807, 2.05) is 6.92 Å². The second-order valence-corrected chi connectivity index (χ2v) is 3.07. The molecule has 0 amide bonds. The molecule has 0 saturated heterocycles. The van der Waals surface area contributed by atoms with Crippen molar-refractivity contribution in [2.24, 2.45) is 0 Å². The average molecular weight is 235 g/mol. The zero-order valence-electron chi connectivity index (χ0n) is 6.70. The number of hydrogen-bond donors (Lipinski definition) is 0. The molecule has 66 valence electrons. The van der Waals surface area contributed by atoms with Gasteiger partial charge >= 0.3 is 0 Å². The van der Waals surface area contributed by atoms with Crippen molar-refractivity contribution in [1.82, 2.24) is 0 Å². The molecule has 0 saturated carbocycles. The van der Waals surface area contributed by atoms with Crippen molar-refractivity contribution < 1.29 is 8.78 Å². The fourth-order valence-electron chi connectivity index (χ4n) is 1.17. The van der Waals surface area contributed by atoms with E-state index in [0.29, 0.717) is 22.9 Å². The predicted molar refractivity (Wildman–Crippen MR) is 48.4 cm³/mol. The predicted octanol–water partition coefficient (Wildman–Crippen LogP) is 3.42. The first-order valence-corrected chi connectivity index (χ1v) is 4.84. The van der Waals surface area contributed by atoms with Gasteiger partial charge in [0.2, 0.25) is 0 Å². The van der Waals surface area contributed by atoms with E-state index in [9.17, 15) is 8.78 Å². The van der Waals surface area contributed by atoms with Gasteiger partial charge in [0.15, 0.2) is 0 Å². The topological polar surface area (TPSA) is 0 Å². The number of hydrogen-bond acceptors (Lipinski definition) is 0. The minimum Gasteiger partial charge on any atom is -0.207 e. The molecule has 0 nitrogen and oxygen atoms in total. The zero-order valence-corrected chi connectivity index (χ0v) is 8.29. The number of alkyl halides is 1. The molecule has 0 fully saturated rings. The lowest BCUT2D eigenvalue weighted by Crippen LogP contribution is -1.96. The third-order valence-corrected chi connectivity index (χ3v) is 2.35. The van der Waals surface area contributed by atoms with Crippen molar-refractivity contribution in [3.63, 3.8) is 0 Å². The van der Waals surface area contributed by atoms with Crippen molar-refractivity contribution >= 4 is 15.9 Å². The van der Waals surface area contributed by atoms with Crippen LogP contribution in [-0.2, 0) is 11.8 Å². The van der Waals surface area contributed by atoms with E-state index < -0.39 is 11.6 Å². The second-order valence-electron chi connectivity index (χ2n) is 2.51. The molecular formula is C9H9BrF2. The summed E-state index contributed by atoms with van der Waals surface area (Å²) >= 11 is 3.18. The summed E-state index contributed by atoms with van der Waals surface area (Å²) in [7, 11) is 0. The van der Waals surface area contributed by atoms with E-state index in [0.717, 1.165) is 6.07 Å². The molecule has 3 heteroatoms. The van der Waals surface area contributed by atoms with E-state index in [4.69, 9.17) is 0 Å². The summed E-state index contributed by atoms with van der Waals surface area (Å²) in [5.74, 6) is -0.967. The van der Waals surface area contributed by atoms with Gasteiger partial charge in [-0.15, -0.1) is 0 Å². The molecule has 1 rings (SSSR count). The van der Waals surface area contributed by atoms with E-state index in [-0.39, 0.29) is 0 Å². The maximum atomic E-state index is 13.0. The second kappa shape index (κ2) is 3.99. The number of benzene rings is 1. The first kappa shape index (κ1) is 9.65. The third-order valence-electron chi connectivity index (χ3n) is 1.75. The summed E-state index contributed by atoms with van der Waals surface area (Å²) in [5, 5.41) is 0.491. The summed E-state index contributed by atoms with van der Waals surface area (Å²) in [5.41, 5.74) is 1.28. The molecule has 0 spiro atoms. The van der Waals surface area contributed by atoms with Gasteiger partial charge < -0.3 is 0 Å². The van der Waals surface area contributed by atoms with Gasteiger partial charge in [-0.25, -0.2) is 8.78 Å². The fraction of sp³-hybridized carbons (Fsp3) is 0.333. The molecular weight excluding hydrogens is 226 g/mol. The number of halogens is 3.